The molecule has 0 aromatic heterocycles. The van der Waals surface area contributed by atoms with Crippen LogP contribution >= 0.6 is 0 Å². The Balaban J connectivity index is 1.51. The van der Waals surface area contributed by atoms with E-state index in [-0.39, 0.29) is 21.9 Å². The summed E-state index contributed by atoms with van der Waals surface area (Å²) in [6.07, 6.45) is 7.96. The van der Waals surface area contributed by atoms with E-state index in [2.05, 4.69) is 4.72 Å². The fourth-order valence-electron chi connectivity index (χ4n) is 5.28. The van der Waals surface area contributed by atoms with Gasteiger partial charge in [0.2, 0.25) is 20.0 Å². The molecule has 1 aromatic rings. The maximum atomic E-state index is 13.0. The predicted molar refractivity (Wildman–Crippen MR) is 108 cm³/mol. The molecule has 1 N–H and O–H groups in total. The van der Waals surface area contributed by atoms with E-state index in [1.54, 1.807) is 4.31 Å². The Hall–Kier alpha value is -0.960. The van der Waals surface area contributed by atoms with Crippen LogP contribution in [0.15, 0.2) is 34.1 Å². The van der Waals surface area contributed by atoms with Gasteiger partial charge in [0.1, 0.15) is 0 Å². The Kier molecular flexibility index (Phi) is 5.59. The van der Waals surface area contributed by atoms with Crippen molar-refractivity contribution in [3.8, 4) is 0 Å². The van der Waals surface area contributed by atoms with Crippen molar-refractivity contribution < 1.29 is 16.8 Å². The molecule has 1 heterocycles. The number of benzene rings is 1. The minimum Gasteiger partial charge on any atom is -0.208 e. The Morgan fingerprint density at radius 3 is 2.29 bits per heavy atom. The van der Waals surface area contributed by atoms with E-state index in [1.165, 1.54) is 30.7 Å². The fraction of sp³-hybridized carbons (Fsp3) is 0.700. The van der Waals surface area contributed by atoms with Crippen molar-refractivity contribution in [2.24, 2.45) is 11.8 Å². The van der Waals surface area contributed by atoms with Crippen molar-refractivity contribution in [2.45, 2.75) is 80.2 Å². The molecule has 28 heavy (non-hydrogen) atoms. The van der Waals surface area contributed by atoms with Gasteiger partial charge in [0.15, 0.2) is 0 Å². The van der Waals surface area contributed by atoms with Crippen molar-refractivity contribution in [3.63, 3.8) is 0 Å². The molecule has 6 nitrogen and oxygen atoms in total. The van der Waals surface area contributed by atoms with Crippen LogP contribution < -0.4 is 4.72 Å². The topological polar surface area (TPSA) is 83.6 Å². The Morgan fingerprint density at radius 2 is 1.68 bits per heavy atom. The van der Waals surface area contributed by atoms with Gasteiger partial charge in [-0.05, 0) is 74.6 Å². The van der Waals surface area contributed by atoms with Gasteiger partial charge in [-0.3, -0.25) is 0 Å². The van der Waals surface area contributed by atoms with Gasteiger partial charge in [0, 0.05) is 18.6 Å². The highest BCUT2D eigenvalue weighted by Gasteiger charge is 2.41. The molecule has 0 unspecified atom stereocenters. The SMILES string of the molecule is CC[C@H]1CCCCN1S(=O)(=O)c1ccc(S(=O)(=O)N[C@@H]2C[C@H]3CC[C@@H]2C3)cc1. The van der Waals surface area contributed by atoms with Gasteiger partial charge in [-0.2, -0.15) is 4.31 Å². The normalized spacial score (nSPS) is 31.3. The molecule has 4 rings (SSSR count). The summed E-state index contributed by atoms with van der Waals surface area (Å²) >= 11 is 0. The summed E-state index contributed by atoms with van der Waals surface area (Å²) in [5.74, 6) is 1.10. The smallest absolute Gasteiger partial charge is 0.208 e. The molecule has 2 bridgehead atoms. The summed E-state index contributed by atoms with van der Waals surface area (Å²) < 4.78 is 56.0. The molecule has 2 aliphatic carbocycles. The van der Waals surface area contributed by atoms with Gasteiger partial charge in [-0.25, -0.2) is 21.6 Å². The van der Waals surface area contributed by atoms with Crippen LogP contribution in [0, 0.1) is 11.8 Å². The second kappa shape index (κ2) is 7.70. The van der Waals surface area contributed by atoms with Crippen LogP contribution in [0.4, 0.5) is 0 Å². The monoisotopic (exact) mass is 426 g/mol. The third-order valence-electron chi connectivity index (χ3n) is 6.83. The highest BCUT2D eigenvalue weighted by atomic mass is 32.2. The average Bonchev–Trinajstić information content (AvgIpc) is 3.30. The van der Waals surface area contributed by atoms with Crippen molar-refractivity contribution in [2.75, 3.05) is 6.54 Å². The van der Waals surface area contributed by atoms with Crippen molar-refractivity contribution in [3.05, 3.63) is 24.3 Å². The van der Waals surface area contributed by atoms with Crippen molar-refractivity contribution in [1.82, 2.24) is 9.03 Å². The van der Waals surface area contributed by atoms with E-state index in [1.807, 2.05) is 6.92 Å². The lowest BCUT2D eigenvalue weighted by atomic mass is 9.96. The van der Waals surface area contributed by atoms with Crippen LogP contribution in [-0.2, 0) is 20.0 Å². The van der Waals surface area contributed by atoms with Crippen LogP contribution in [0.2, 0.25) is 0 Å². The number of hydrogen-bond donors (Lipinski definition) is 1. The number of hydrogen-bond acceptors (Lipinski definition) is 4. The van der Waals surface area contributed by atoms with Gasteiger partial charge in [0.05, 0.1) is 9.79 Å². The van der Waals surface area contributed by atoms with Crippen LogP contribution in [0.25, 0.3) is 0 Å². The summed E-state index contributed by atoms with van der Waals surface area (Å²) in [6.45, 7) is 2.54. The lowest BCUT2D eigenvalue weighted by molar-refractivity contribution is 0.246. The molecule has 2 saturated carbocycles. The third-order valence-corrected chi connectivity index (χ3v) is 10.3. The lowest BCUT2D eigenvalue weighted by Gasteiger charge is -2.34. The van der Waals surface area contributed by atoms with Crippen LogP contribution in [0.1, 0.15) is 58.3 Å². The molecule has 1 aromatic carbocycles. The zero-order valence-electron chi connectivity index (χ0n) is 16.4. The predicted octanol–water partition coefficient (Wildman–Crippen LogP) is 3.11. The third kappa shape index (κ3) is 3.76. The quantitative estimate of drug-likeness (QED) is 0.758. The molecule has 8 heteroatoms. The van der Waals surface area contributed by atoms with Gasteiger partial charge >= 0.3 is 0 Å². The number of piperidine rings is 1. The molecular weight excluding hydrogens is 396 g/mol. The van der Waals surface area contributed by atoms with Gasteiger partial charge in [-0.1, -0.05) is 19.8 Å². The Morgan fingerprint density at radius 1 is 0.964 bits per heavy atom. The first kappa shape index (κ1) is 20.3. The number of nitrogens with zero attached hydrogens (tertiary/aromatic N) is 1. The van der Waals surface area contributed by atoms with Crippen LogP contribution in [0.3, 0.4) is 0 Å². The van der Waals surface area contributed by atoms with E-state index < -0.39 is 20.0 Å². The number of fused-ring (bicyclic) bond motifs is 2. The van der Waals surface area contributed by atoms with Gasteiger partial charge in [0.25, 0.3) is 0 Å². The minimum absolute atomic E-state index is 0.0193. The fourth-order valence-corrected chi connectivity index (χ4v) is 8.37. The van der Waals surface area contributed by atoms with Crippen molar-refractivity contribution in [1.29, 1.82) is 0 Å². The molecule has 156 valence electrons. The summed E-state index contributed by atoms with van der Waals surface area (Å²) in [5, 5.41) is 0. The molecule has 0 amide bonds. The Bertz CT molecular complexity index is 912. The first-order valence-corrected chi connectivity index (χ1v) is 13.4. The van der Waals surface area contributed by atoms with Gasteiger partial charge < -0.3 is 0 Å². The Labute approximate surface area is 168 Å². The summed E-state index contributed by atoms with van der Waals surface area (Å²) in [5.41, 5.74) is 0. The second-order valence-corrected chi connectivity index (χ2v) is 12.2. The molecule has 4 atom stereocenters. The van der Waals surface area contributed by atoms with Crippen molar-refractivity contribution >= 4 is 20.0 Å². The maximum Gasteiger partial charge on any atom is 0.243 e. The first-order valence-electron chi connectivity index (χ1n) is 10.5. The molecule has 1 aliphatic heterocycles. The largest absolute Gasteiger partial charge is 0.243 e. The van der Waals surface area contributed by atoms with E-state index in [4.69, 9.17) is 0 Å². The molecule has 3 fully saturated rings. The van der Waals surface area contributed by atoms with Crippen LogP contribution in [-0.4, -0.2) is 39.8 Å². The summed E-state index contributed by atoms with van der Waals surface area (Å²) in [7, 11) is -7.22. The van der Waals surface area contributed by atoms with E-state index >= 15 is 0 Å². The molecule has 0 spiro atoms. The standard InChI is InChI=1S/C20H30N2O4S2/c1-2-17-5-3-4-12-22(17)28(25,26)19-10-8-18(9-11-19)27(23,24)21-20-14-15-6-7-16(20)13-15/h8-11,15-17,20-21H,2-7,12-14H2,1H3/t15-,16+,17-,20+/m0/s1. The first-order chi connectivity index (χ1) is 13.3. The zero-order valence-corrected chi connectivity index (χ0v) is 18.0. The maximum absolute atomic E-state index is 13.0. The number of sulfonamides is 2. The number of rotatable bonds is 6. The molecule has 0 radical (unpaired) electrons. The number of nitrogens with one attached hydrogen (secondary N) is 1. The zero-order chi connectivity index (χ0) is 19.9. The summed E-state index contributed by atoms with van der Waals surface area (Å²) in [4.78, 5) is 0.312. The minimum atomic E-state index is -3.63. The molecule has 1 saturated heterocycles. The second-order valence-electron chi connectivity index (χ2n) is 8.55. The van der Waals surface area contributed by atoms with Gasteiger partial charge in [-0.15, -0.1) is 0 Å². The molecular formula is C20H30N2O4S2. The van der Waals surface area contributed by atoms with E-state index in [9.17, 15) is 16.8 Å². The molecule has 3 aliphatic rings. The summed E-state index contributed by atoms with van der Waals surface area (Å²) in [6, 6.07) is 5.77. The van der Waals surface area contributed by atoms with E-state index in [0.717, 1.165) is 44.9 Å². The van der Waals surface area contributed by atoms with Crippen LogP contribution in [0.5, 0.6) is 0 Å². The van der Waals surface area contributed by atoms with E-state index in [0.29, 0.717) is 18.4 Å². The highest BCUT2D eigenvalue weighted by Crippen LogP contribution is 2.44. The lowest BCUT2D eigenvalue weighted by Crippen LogP contribution is -2.43. The highest BCUT2D eigenvalue weighted by molar-refractivity contribution is 7.89. The average molecular weight is 427 g/mol.